The number of hydrogen-bond acceptors (Lipinski definition) is 8. The number of aliphatic imine (C=N–C) groups is 2. The molecule has 5 rings (SSSR count). The summed E-state index contributed by atoms with van der Waals surface area (Å²) in [6, 6.07) is 9.36. The Labute approximate surface area is 195 Å². The molecule has 3 aliphatic rings. The van der Waals surface area contributed by atoms with Crippen LogP contribution in [0, 0.1) is 0 Å². The number of guanidine groups is 1. The van der Waals surface area contributed by atoms with Gasteiger partial charge in [0.2, 0.25) is 11.9 Å². The first kappa shape index (κ1) is 21.7. The largest absolute Gasteiger partial charge is 0.364 e. The predicted molar refractivity (Wildman–Crippen MR) is 129 cm³/mol. The number of rotatable bonds is 3. The van der Waals surface area contributed by atoms with Crippen molar-refractivity contribution in [3.63, 3.8) is 0 Å². The monoisotopic (exact) mass is 466 g/mol. The van der Waals surface area contributed by atoms with Crippen LogP contribution in [-0.4, -0.2) is 61.2 Å². The summed E-state index contributed by atoms with van der Waals surface area (Å²) >= 11 is 1.49. The van der Waals surface area contributed by atoms with Crippen LogP contribution in [0.2, 0.25) is 0 Å². The Balaban J connectivity index is 1.41. The second-order valence-electron chi connectivity index (χ2n) is 8.47. The molecule has 0 spiro atoms. The number of carbonyl (C=O) groups is 2. The summed E-state index contributed by atoms with van der Waals surface area (Å²) < 4.78 is 6.06. The van der Waals surface area contributed by atoms with Crippen molar-refractivity contribution in [2.75, 3.05) is 36.8 Å². The Morgan fingerprint density at radius 1 is 1.24 bits per heavy atom. The molecule has 2 atom stereocenters. The SMILES string of the molecule is CC(=O)Nc1cccc(NC2=N[C@@]3(C)c4cc(C(=O)N5CCNCC5)sc4COC3C=N2)c1. The molecule has 2 amide bonds. The second-order valence-corrected chi connectivity index (χ2v) is 9.61. The highest BCUT2D eigenvalue weighted by Gasteiger charge is 2.45. The van der Waals surface area contributed by atoms with Crippen LogP contribution in [0.3, 0.4) is 0 Å². The number of amides is 2. The smallest absolute Gasteiger partial charge is 0.264 e. The van der Waals surface area contributed by atoms with Gasteiger partial charge in [-0.05, 0) is 36.8 Å². The van der Waals surface area contributed by atoms with Crippen LogP contribution < -0.4 is 16.0 Å². The lowest BCUT2D eigenvalue weighted by atomic mass is 9.85. The van der Waals surface area contributed by atoms with Crippen molar-refractivity contribution in [1.82, 2.24) is 10.2 Å². The molecule has 0 radical (unpaired) electrons. The molecule has 3 N–H and O–H groups in total. The fourth-order valence-corrected chi connectivity index (χ4v) is 5.50. The zero-order chi connectivity index (χ0) is 23.0. The number of nitrogens with one attached hydrogen (secondary N) is 3. The number of hydrogen-bond donors (Lipinski definition) is 3. The summed E-state index contributed by atoms with van der Waals surface area (Å²) in [7, 11) is 0. The molecular formula is C23H26N6O3S. The summed E-state index contributed by atoms with van der Waals surface area (Å²) in [5.74, 6) is 0.384. The van der Waals surface area contributed by atoms with Crippen molar-refractivity contribution in [2.45, 2.75) is 32.1 Å². The van der Waals surface area contributed by atoms with E-state index in [4.69, 9.17) is 9.73 Å². The second kappa shape index (κ2) is 8.69. The van der Waals surface area contributed by atoms with Gasteiger partial charge in [-0.1, -0.05) is 6.07 Å². The third kappa shape index (κ3) is 4.29. The molecule has 9 nitrogen and oxygen atoms in total. The highest BCUT2D eigenvalue weighted by Crippen LogP contribution is 2.43. The number of piperazine rings is 1. The molecule has 1 fully saturated rings. The van der Waals surface area contributed by atoms with Crippen LogP contribution in [0.4, 0.5) is 11.4 Å². The lowest BCUT2D eigenvalue weighted by molar-refractivity contribution is -0.114. The van der Waals surface area contributed by atoms with E-state index in [0.717, 1.165) is 34.1 Å². The molecule has 3 aliphatic heterocycles. The molecule has 1 saturated heterocycles. The molecule has 2 aromatic rings. The Morgan fingerprint density at radius 2 is 2.03 bits per heavy atom. The van der Waals surface area contributed by atoms with Gasteiger partial charge in [0.05, 0.1) is 11.5 Å². The number of fused-ring (bicyclic) bond motifs is 3. The molecule has 33 heavy (non-hydrogen) atoms. The molecule has 1 unspecified atom stereocenters. The van der Waals surface area contributed by atoms with Crippen LogP contribution in [0.1, 0.15) is 34.0 Å². The molecule has 10 heteroatoms. The van der Waals surface area contributed by atoms with Crippen LogP contribution in [0.15, 0.2) is 40.3 Å². The normalized spacial score (nSPS) is 23.9. The minimum absolute atomic E-state index is 0.0673. The van der Waals surface area contributed by atoms with Crippen molar-refractivity contribution >= 4 is 46.7 Å². The van der Waals surface area contributed by atoms with E-state index in [1.807, 2.05) is 42.2 Å². The van der Waals surface area contributed by atoms with E-state index in [9.17, 15) is 9.59 Å². The lowest BCUT2D eigenvalue weighted by Gasteiger charge is -2.38. The van der Waals surface area contributed by atoms with Gasteiger partial charge < -0.3 is 25.6 Å². The van der Waals surface area contributed by atoms with Crippen molar-refractivity contribution in [1.29, 1.82) is 0 Å². The molecule has 172 valence electrons. The van der Waals surface area contributed by atoms with E-state index in [0.29, 0.717) is 31.3 Å². The average molecular weight is 467 g/mol. The Morgan fingerprint density at radius 3 is 2.82 bits per heavy atom. The molecule has 0 bridgehead atoms. The molecule has 4 heterocycles. The quantitative estimate of drug-likeness (QED) is 0.644. The minimum atomic E-state index is -0.689. The minimum Gasteiger partial charge on any atom is -0.364 e. The van der Waals surface area contributed by atoms with E-state index in [1.165, 1.54) is 18.3 Å². The number of anilines is 2. The topological polar surface area (TPSA) is 107 Å². The van der Waals surface area contributed by atoms with E-state index in [1.54, 1.807) is 6.21 Å². The maximum Gasteiger partial charge on any atom is 0.264 e. The predicted octanol–water partition coefficient (Wildman–Crippen LogP) is 2.42. The maximum atomic E-state index is 13.1. The van der Waals surface area contributed by atoms with Gasteiger partial charge in [0.15, 0.2) is 0 Å². The summed E-state index contributed by atoms with van der Waals surface area (Å²) in [6.45, 7) is 7.00. The molecule has 0 saturated carbocycles. The summed E-state index contributed by atoms with van der Waals surface area (Å²) in [5, 5.41) is 9.28. The zero-order valence-electron chi connectivity index (χ0n) is 18.6. The first-order chi connectivity index (χ1) is 15.9. The van der Waals surface area contributed by atoms with Gasteiger partial charge in [-0.3, -0.25) is 9.59 Å². The number of nitrogens with zero attached hydrogens (tertiary/aromatic N) is 3. The van der Waals surface area contributed by atoms with Crippen LogP contribution in [0.25, 0.3) is 0 Å². The lowest BCUT2D eigenvalue weighted by Crippen LogP contribution is -2.46. The van der Waals surface area contributed by atoms with E-state index >= 15 is 0 Å². The van der Waals surface area contributed by atoms with Crippen LogP contribution in [0.5, 0.6) is 0 Å². The van der Waals surface area contributed by atoms with Gasteiger partial charge in [-0.15, -0.1) is 11.3 Å². The third-order valence-corrected chi connectivity index (χ3v) is 7.12. The summed E-state index contributed by atoms with van der Waals surface area (Å²) in [4.78, 5) is 37.4. The molecule has 1 aromatic heterocycles. The highest BCUT2D eigenvalue weighted by molar-refractivity contribution is 7.14. The number of carbonyl (C=O) groups excluding carboxylic acids is 2. The van der Waals surface area contributed by atoms with E-state index < -0.39 is 5.54 Å². The van der Waals surface area contributed by atoms with Gasteiger partial charge in [0, 0.05) is 55.6 Å². The fraction of sp³-hybridized carbons (Fsp3) is 0.391. The van der Waals surface area contributed by atoms with Gasteiger partial charge in [-0.25, -0.2) is 9.98 Å². The van der Waals surface area contributed by atoms with Crippen molar-refractivity contribution in [3.8, 4) is 0 Å². The third-order valence-electron chi connectivity index (χ3n) is 6.03. The Kier molecular flexibility index (Phi) is 5.73. The first-order valence-corrected chi connectivity index (χ1v) is 11.8. The molecular weight excluding hydrogens is 440 g/mol. The van der Waals surface area contributed by atoms with Gasteiger partial charge in [-0.2, -0.15) is 0 Å². The van der Waals surface area contributed by atoms with Crippen LogP contribution >= 0.6 is 11.3 Å². The Bertz CT molecular complexity index is 1150. The van der Waals surface area contributed by atoms with Crippen molar-refractivity contribution < 1.29 is 14.3 Å². The summed E-state index contributed by atoms with van der Waals surface area (Å²) in [5.41, 5.74) is 1.77. The van der Waals surface area contributed by atoms with Gasteiger partial charge >= 0.3 is 0 Å². The maximum absolute atomic E-state index is 13.1. The highest BCUT2D eigenvalue weighted by atomic mass is 32.1. The molecule has 1 aromatic carbocycles. The van der Waals surface area contributed by atoms with E-state index in [-0.39, 0.29) is 17.9 Å². The van der Waals surface area contributed by atoms with Gasteiger partial charge in [0.1, 0.15) is 11.6 Å². The summed E-state index contributed by atoms with van der Waals surface area (Å²) in [6.07, 6.45) is 1.46. The number of benzene rings is 1. The van der Waals surface area contributed by atoms with Crippen LogP contribution in [-0.2, 0) is 21.7 Å². The average Bonchev–Trinajstić information content (AvgIpc) is 3.24. The fourth-order valence-electron chi connectivity index (χ4n) is 4.34. The van der Waals surface area contributed by atoms with Crippen molar-refractivity contribution in [2.24, 2.45) is 9.98 Å². The van der Waals surface area contributed by atoms with Crippen molar-refractivity contribution in [3.05, 3.63) is 45.6 Å². The number of thiophene rings is 1. The zero-order valence-corrected chi connectivity index (χ0v) is 19.4. The molecule has 0 aliphatic carbocycles. The first-order valence-electron chi connectivity index (χ1n) is 11.0. The van der Waals surface area contributed by atoms with Gasteiger partial charge in [0.25, 0.3) is 5.91 Å². The number of ether oxygens (including phenoxy) is 1. The standard InChI is InChI=1S/C23H26N6O3S/c1-14(30)26-15-4-3-5-16(10-15)27-22-25-12-20-23(2,28-22)17-11-18(33-19(17)13-32-20)21(31)29-8-6-24-7-9-29/h3-5,10-12,20,24H,6-9,13H2,1-2H3,(H,26,30)(H,27,28)/t20?,23-/m0/s1. The van der Waals surface area contributed by atoms with E-state index in [2.05, 4.69) is 20.9 Å². The Hall–Kier alpha value is -3.08.